The monoisotopic (exact) mass is 1140 g/mol. The summed E-state index contributed by atoms with van der Waals surface area (Å²) in [5.41, 5.74) is 4.10. The number of nitrogens with zero attached hydrogens (tertiary/aromatic N) is 9. The Hall–Kier alpha value is -7.02. The van der Waals surface area contributed by atoms with Crippen LogP contribution in [0.2, 0.25) is 0 Å². The highest BCUT2D eigenvalue weighted by molar-refractivity contribution is 7.13. The van der Waals surface area contributed by atoms with E-state index in [4.69, 9.17) is 19.0 Å². The predicted octanol–water partition coefficient (Wildman–Crippen LogP) is 9.13. The van der Waals surface area contributed by atoms with Crippen molar-refractivity contribution < 1.29 is 51.0 Å². The third kappa shape index (κ3) is 12.4. The van der Waals surface area contributed by atoms with E-state index in [0.29, 0.717) is 48.7 Å². The molecule has 3 unspecified atom stereocenters. The first-order valence-corrected chi connectivity index (χ1v) is 28.6. The van der Waals surface area contributed by atoms with Gasteiger partial charge < -0.3 is 44.3 Å². The standard InChI is InChI=1S/C55H62F4N12O7S.C2H6/c1-29(2)44(52(74)71-25-36(72)20-40(71)51(73)63-30(3)33-6-8-34(9-7-33)49-31(4)61-28-79-49)42-21-43(68-78-42)76-26-32-13-16-69(17-14-32)18-19-75-53-64-47-38(50(65-53)70-24-35-12-15-54(5,27-70)66-35)22-60-48(46(47)56)45-37-23-62-67-39(37)10-11-41(45)77-55(57,58)59;1-2/h6-11,21-23,28-30,32,35-36,40,44,66,72H,12-20,24-27H2,1-5H3,(H,62,67)(H,63,73);1-2H3/t30?,35?,36-,40+,44?,54+;/m1./s1. The molecule has 6 atom stereocenters. The number of aryl methyl sites for hydroxylation is 1. The van der Waals surface area contributed by atoms with Crippen molar-refractivity contribution in [3.05, 3.63) is 83.2 Å². The fourth-order valence-corrected chi connectivity index (χ4v) is 12.5. The maximum Gasteiger partial charge on any atom is 0.573 e. The van der Waals surface area contributed by atoms with Gasteiger partial charge in [-0.25, -0.2) is 9.37 Å². The van der Waals surface area contributed by atoms with Gasteiger partial charge in [-0.1, -0.05) is 52.0 Å². The zero-order valence-electron chi connectivity index (χ0n) is 46.3. The van der Waals surface area contributed by atoms with Gasteiger partial charge in [-0.3, -0.25) is 24.6 Å². The number of ether oxygens (including phenoxy) is 3. The number of likely N-dealkylation sites (tertiary alicyclic amines) is 2. The number of carbonyl (C=O) groups excluding carboxylic acids is 2. The second-order valence-electron chi connectivity index (χ2n) is 21.9. The fraction of sp³-hybridized carbons (Fsp3) is 0.509. The SMILES string of the molecule is CC.Cc1ncsc1-c1ccc(C(C)NC(=O)[C@@H]2C[C@@H](O)CN2C(=O)C(c2cc(OCC3CCN(CCOc4nc(N5CC6CC[C@@](C)(C5)N6)c5cnc(-c6c(OC(F)(F)F)ccc7[nH]ncc67)c(F)c5n4)CC3)no2)C(C)C)cc1. The number of carbonyl (C=O) groups is 2. The average molecular weight is 1140 g/mol. The van der Waals surface area contributed by atoms with Crippen LogP contribution in [0, 0.1) is 24.6 Å². The van der Waals surface area contributed by atoms with Crippen LogP contribution in [-0.4, -0.2) is 145 Å². The van der Waals surface area contributed by atoms with Gasteiger partial charge in [-0.2, -0.15) is 15.1 Å². The van der Waals surface area contributed by atoms with Crippen molar-refractivity contribution in [3.63, 3.8) is 0 Å². The number of rotatable bonds is 17. The first-order chi connectivity index (χ1) is 38.9. The highest BCUT2D eigenvalue weighted by Gasteiger charge is 2.45. The number of thiazole rings is 1. The van der Waals surface area contributed by atoms with Gasteiger partial charge in [0.05, 0.1) is 57.5 Å². The Bertz CT molecular complexity index is 3350. The molecule has 7 aromatic rings. The molecule has 4 N–H and O–H groups in total. The molecule has 11 rings (SSSR count). The van der Waals surface area contributed by atoms with Gasteiger partial charge in [0.15, 0.2) is 11.6 Å². The summed E-state index contributed by atoms with van der Waals surface area (Å²) in [5, 5.41) is 28.8. The highest BCUT2D eigenvalue weighted by Crippen LogP contribution is 2.43. The summed E-state index contributed by atoms with van der Waals surface area (Å²) in [7, 11) is 0. The molecule has 81 heavy (non-hydrogen) atoms. The summed E-state index contributed by atoms with van der Waals surface area (Å²) in [6.45, 7) is 17.5. The zero-order valence-corrected chi connectivity index (χ0v) is 47.2. The number of nitrogens with one attached hydrogen (secondary N) is 3. The Morgan fingerprint density at radius 1 is 1.00 bits per heavy atom. The summed E-state index contributed by atoms with van der Waals surface area (Å²) in [4.78, 5) is 53.0. The molecule has 4 aliphatic rings. The Kier molecular flexibility index (Phi) is 16.8. The second kappa shape index (κ2) is 23.8. The molecule has 2 bridgehead atoms. The normalized spacial score (nSPS) is 21.3. The van der Waals surface area contributed by atoms with Crippen molar-refractivity contribution in [2.75, 3.05) is 57.4 Å². The molecule has 0 spiro atoms. The van der Waals surface area contributed by atoms with Gasteiger partial charge in [0.1, 0.15) is 41.3 Å². The Morgan fingerprint density at radius 2 is 1.78 bits per heavy atom. The lowest BCUT2D eigenvalue weighted by Gasteiger charge is -2.40. The van der Waals surface area contributed by atoms with Crippen molar-refractivity contribution >= 4 is 50.8 Å². The molecule has 2 aromatic carbocycles. The molecule has 9 heterocycles. The number of β-amino-alcohol motifs (C(OH)–C–C–N with tert-alkyl or cyclic N) is 1. The number of aliphatic hydroxyl groups excluding tert-OH is 1. The quantitative estimate of drug-likeness (QED) is 0.0624. The molecular formula is C57H68F4N12O7S. The molecule has 5 aromatic heterocycles. The van der Waals surface area contributed by atoms with Gasteiger partial charge in [0.2, 0.25) is 11.8 Å². The summed E-state index contributed by atoms with van der Waals surface area (Å²) >= 11 is 1.57. The number of alkyl halides is 3. The highest BCUT2D eigenvalue weighted by atomic mass is 32.1. The molecule has 4 aliphatic heterocycles. The largest absolute Gasteiger partial charge is 0.573 e. The van der Waals surface area contributed by atoms with E-state index in [1.54, 1.807) is 17.4 Å². The Balaban J connectivity index is 0.00000364. The Labute approximate surface area is 470 Å². The van der Waals surface area contributed by atoms with Crippen molar-refractivity contribution in [1.29, 1.82) is 0 Å². The lowest BCUT2D eigenvalue weighted by molar-refractivity contribution is -0.274. The van der Waals surface area contributed by atoms with Crippen molar-refractivity contribution in [2.24, 2.45) is 11.8 Å². The molecule has 0 radical (unpaired) electrons. The number of piperazine rings is 1. The van der Waals surface area contributed by atoms with Gasteiger partial charge in [-0.05, 0) is 99.8 Å². The van der Waals surface area contributed by atoms with Gasteiger partial charge in [-0.15, -0.1) is 24.5 Å². The first-order valence-electron chi connectivity index (χ1n) is 27.7. The van der Waals surface area contributed by atoms with Gasteiger partial charge in [0, 0.05) is 61.8 Å². The number of piperidine rings is 1. The molecule has 2 amide bonds. The Morgan fingerprint density at radius 3 is 2.49 bits per heavy atom. The van der Waals surface area contributed by atoms with Crippen LogP contribution in [0.5, 0.6) is 17.6 Å². The number of aromatic amines is 1. The number of anilines is 1. The topological polar surface area (TPSA) is 222 Å². The van der Waals surface area contributed by atoms with Crippen LogP contribution < -0.4 is 29.7 Å². The number of hydrogen-bond donors (Lipinski definition) is 4. The molecule has 19 nitrogen and oxygen atoms in total. The maximum absolute atomic E-state index is 17.0. The summed E-state index contributed by atoms with van der Waals surface area (Å²) < 4.78 is 80.5. The van der Waals surface area contributed by atoms with Gasteiger partial charge >= 0.3 is 12.4 Å². The van der Waals surface area contributed by atoms with Crippen LogP contribution in [0.1, 0.15) is 103 Å². The predicted molar refractivity (Wildman–Crippen MR) is 296 cm³/mol. The fourth-order valence-electron chi connectivity index (χ4n) is 11.7. The minimum Gasteiger partial charge on any atom is -0.475 e. The van der Waals surface area contributed by atoms with E-state index in [1.807, 2.05) is 71.3 Å². The van der Waals surface area contributed by atoms with Crippen LogP contribution >= 0.6 is 11.3 Å². The minimum atomic E-state index is -5.06. The van der Waals surface area contributed by atoms with E-state index in [0.717, 1.165) is 66.5 Å². The van der Waals surface area contributed by atoms with E-state index >= 15 is 4.39 Å². The van der Waals surface area contributed by atoms with E-state index in [-0.39, 0.29) is 89.2 Å². The third-order valence-electron chi connectivity index (χ3n) is 15.8. The van der Waals surface area contributed by atoms with E-state index in [9.17, 15) is 27.9 Å². The number of amides is 2. The summed E-state index contributed by atoms with van der Waals surface area (Å²) in [6, 6.07) is 10.9. The number of fused-ring (bicyclic) bond motifs is 4. The van der Waals surface area contributed by atoms with Gasteiger partial charge in [0.25, 0.3) is 5.88 Å². The van der Waals surface area contributed by atoms with Crippen LogP contribution in [-0.2, 0) is 9.59 Å². The summed E-state index contributed by atoms with van der Waals surface area (Å²) in [5.74, 6) is -2.14. The van der Waals surface area contributed by atoms with E-state index < -0.39 is 41.7 Å². The molecule has 24 heteroatoms. The average Bonchev–Trinajstić information content (AvgIpc) is 4.29. The number of hydrogen-bond acceptors (Lipinski definition) is 17. The van der Waals surface area contributed by atoms with Crippen LogP contribution in [0.3, 0.4) is 0 Å². The molecular weight excluding hydrogens is 1070 g/mol. The van der Waals surface area contributed by atoms with Crippen molar-refractivity contribution in [1.82, 2.24) is 55.7 Å². The van der Waals surface area contributed by atoms with Crippen LogP contribution in [0.4, 0.5) is 23.4 Å². The molecule has 4 fully saturated rings. The number of H-pyrrole nitrogens is 1. The molecule has 0 aliphatic carbocycles. The van der Waals surface area contributed by atoms with E-state index in [2.05, 4.69) is 62.4 Å². The smallest absolute Gasteiger partial charge is 0.475 e. The lowest BCUT2D eigenvalue weighted by Crippen LogP contribution is -2.58. The summed E-state index contributed by atoms with van der Waals surface area (Å²) in [6.07, 6.45) is 0.381. The molecule has 4 saturated heterocycles. The number of aromatic nitrogens is 7. The van der Waals surface area contributed by atoms with Crippen LogP contribution in [0.25, 0.3) is 43.5 Å². The maximum atomic E-state index is 17.0. The van der Waals surface area contributed by atoms with Crippen LogP contribution in [0.15, 0.2) is 64.9 Å². The second-order valence-corrected chi connectivity index (χ2v) is 22.8. The van der Waals surface area contributed by atoms with Crippen molar-refractivity contribution in [3.8, 4) is 39.3 Å². The van der Waals surface area contributed by atoms with Crippen molar-refractivity contribution in [2.45, 2.75) is 123 Å². The number of aliphatic hydroxyl groups is 1. The number of benzene rings is 2. The lowest BCUT2D eigenvalue weighted by atomic mass is 9.91. The molecule has 432 valence electrons. The van der Waals surface area contributed by atoms with E-state index in [1.165, 1.54) is 23.4 Å². The molecule has 0 saturated carbocycles. The third-order valence-corrected chi connectivity index (χ3v) is 16.7. The zero-order chi connectivity index (χ0) is 57.3. The number of pyridine rings is 1. The number of halogens is 4. The minimum absolute atomic E-state index is 0.00918. The first kappa shape index (κ1) is 57.2.